The van der Waals surface area contributed by atoms with Gasteiger partial charge in [0, 0.05) is 13.1 Å². The Hall–Kier alpha value is -2.63. The number of benzene rings is 1. The molecule has 2 atom stereocenters. The highest BCUT2D eigenvalue weighted by molar-refractivity contribution is 5.95. The molecule has 1 amide bonds. The van der Waals surface area contributed by atoms with Gasteiger partial charge < -0.3 is 10.0 Å². The number of rotatable bonds is 3. The number of carboxylic acids is 1. The fourth-order valence-electron chi connectivity index (χ4n) is 3.53. The van der Waals surface area contributed by atoms with Crippen molar-refractivity contribution in [2.24, 2.45) is 11.8 Å². The first kappa shape index (κ1) is 17.2. The predicted molar refractivity (Wildman–Crippen MR) is 93.8 cm³/mol. The van der Waals surface area contributed by atoms with Crippen LogP contribution in [0.5, 0.6) is 0 Å². The van der Waals surface area contributed by atoms with Crippen LogP contribution in [0.2, 0.25) is 0 Å². The van der Waals surface area contributed by atoms with Crippen LogP contribution in [0.1, 0.15) is 35.0 Å². The third kappa shape index (κ3) is 3.16. The number of carboxylic acid groups (broad SMARTS) is 1. The van der Waals surface area contributed by atoms with E-state index in [1.165, 1.54) is 0 Å². The van der Waals surface area contributed by atoms with Crippen LogP contribution in [0.25, 0.3) is 5.69 Å². The monoisotopic (exact) mass is 341 g/mol. The zero-order chi connectivity index (χ0) is 18.1. The summed E-state index contributed by atoms with van der Waals surface area (Å²) in [5, 5.41) is 13.6. The predicted octanol–water partition coefficient (Wildman–Crippen LogP) is 2.67. The zero-order valence-electron chi connectivity index (χ0n) is 14.8. The molecule has 0 radical (unpaired) electrons. The molecule has 6 heteroatoms. The van der Waals surface area contributed by atoms with Gasteiger partial charge in [-0.05, 0) is 37.8 Å². The van der Waals surface area contributed by atoms with Crippen molar-refractivity contribution < 1.29 is 14.7 Å². The Bertz CT molecular complexity index is 812. The van der Waals surface area contributed by atoms with Gasteiger partial charge in [-0.1, -0.05) is 25.1 Å². The number of likely N-dealkylation sites (tertiary alicyclic amines) is 1. The lowest BCUT2D eigenvalue weighted by molar-refractivity contribution is -0.145. The number of hydrogen-bond donors (Lipinski definition) is 1. The molecule has 1 aliphatic rings. The van der Waals surface area contributed by atoms with Gasteiger partial charge >= 0.3 is 5.97 Å². The van der Waals surface area contributed by atoms with Gasteiger partial charge in [0.15, 0.2) is 0 Å². The average Bonchev–Trinajstić information content (AvgIpc) is 2.95. The van der Waals surface area contributed by atoms with Crippen molar-refractivity contribution in [2.45, 2.75) is 27.2 Å². The number of para-hydroxylation sites is 1. The van der Waals surface area contributed by atoms with Gasteiger partial charge in [-0.2, -0.15) is 5.10 Å². The van der Waals surface area contributed by atoms with Gasteiger partial charge in [0.2, 0.25) is 0 Å². The van der Waals surface area contributed by atoms with Crippen LogP contribution in [-0.4, -0.2) is 44.8 Å². The van der Waals surface area contributed by atoms with E-state index in [4.69, 9.17) is 0 Å². The lowest BCUT2D eigenvalue weighted by Crippen LogP contribution is -2.45. The first-order valence-corrected chi connectivity index (χ1v) is 8.53. The van der Waals surface area contributed by atoms with E-state index in [0.29, 0.717) is 25.1 Å². The molecular formula is C19H23N3O3. The Morgan fingerprint density at radius 3 is 2.60 bits per heavy atom. The summed E-state index contributed by atoms with van der Waals surface area (Å²) in [7, 11) is 0. The molecule has 3 rings (SSSR count). The van der Waals surface area contributed by atoms with E-state index in [-0.39, 0.29) is 17.7 Å². The van der Waals surface area contributed by atoms with E-state index >= 15 is 0 Å². The lowest BCUT2D eigenvalue weighted by Gasteiger charge is -2.34. The number of carbonyl (C=O) groups excluding carboxylic acids is 1. The topological polar surface area (TPSA) is 75.4 Å². The summed E-state index contributed by atoms with van der Waals surface area (Å²) in [6.45, 7) is 6.72. The van der Waals surface area contributed by atoms with Crippen LogP contribution in [0, 0.1) is 25.7 Å². The number of aliphatic carboxylic acids is 1. The molecule has 1 N–H and O–H groups in total. The summed E-state index contributed by atoms with van der Waals surface area (Å²) in [5.41, 5.74) is 3.41. The number of nitrogens with zero attached hydrogens (tertiary/aromatic N) is 3. The highest BCUT2D eigenvalue weighted by Gasteiger charge is 2.34. The van der Waals surface area contributed by atoms with Crippen LogP contribution < -0.4 is 0 Å². The molecule has 25 heavy (non-hydrogen) atoms. The van der Waals surface area contributed by atoms with Crippen LogP contribution in [0.3, 0.4) is 0 Å². The van der Waals surface area contributed by atoms with Crippen molar-refractivity contribution in [1.29, 1.82) is 0 Å². The van der Waals surface area contributed by atoms with E-state index in [9.17, 15) is 14.7 Å². The van der Waals surface area contributed by atoms with E-state index < -0.39 is 5.97 Å². The maximum atomic E-state index is 12.9. The third-order valence-corrected chi connectivity index (χ3v) is 5.09. The van der Waals surface area contributed by atoms with Crippen molar-refractivity contribution in [3.05, 3.63) is 47.3 Å². The first-order chi connectivity index (χ1) is 11.9. The number of carbonyl (C=O) groups is 2. The summed E-state index contributed by atoms with van der Waals surface area (Å²) in [5.74, 6) is -1.28. The summed E-state index contributed by atoms with van der Waals surface area (Å²) in [6.07, 6.45) is 2.10. The summed E-state index contributed by atoms with van der Waals surface area (Å²) in [4.78, 5) is 25.9. The fraction of sp³-hybridized carbons (Fsp3) is 0.421. The molecule has 132 valence electrons. The van der Waals surface area contributed by atoms with Gasteiger partial charge in [0.1, 0.15) is 0 Å². The molecule has 2 heterocycles. The van der Waals surface area contributed by atoms with E-state index in [0.717, 1.165) is 16.9 Å². The number of amides is 1. The maximum absolute atomic E-state index is 12.9. The lowest BCUT2D eigenvalue weighted by atomic mass is 9.87. The van der Waals surface area contributed by atoms with E-state index in [1.807, 2.05) is 45.0 Å². The number of aromatic nitrogens is 2. The van der Waals surface area contributed by atoms with Crippen molar-refractivity contribution in [3.8, 4) is 5.69 Å². The quantitative estimate of drug-likeness (QED) is 0.931. The van der Waals surface area contributed by atoms with Crippen molar-refractivity contribution in [3.63, 3.8) is 0 Å². The number of aryl methyl sites for hydroxylation is 1. The van der Waals surface area contributed by atoms with Crippen molar-refractivity contribution in [1.82, 2.24) is 14.7 Å². The Labute approximate surface area is 147 Å². The second kappa shape index (κ2) is 6.70. The zero-order valence-corrected chi connectivity index (χ0v) is 14.8. The molecular weight excluding hydrogens is 318 g/mol. The fourth-order valence-corrected chi connectivity index (χ4v) is 3.53. The Kier molecular flexibility index (Phi) is 4.61. The normalized spacial score (nSPS) is 20.5. The molecule has 2 unspecified atom stereocenters. The summed E-state index contributed by atoms with van der Waals surface area (Å²) >= 11 is 0. The molecule has 2 aromatic rings. The Balaban J connectivity index is 1.83. The summed E-state index contributed by atoms with van der Waals surface area (Å²) in [6, 6.07) is 7.90. The van der Waals surface area contributed by atoms with Gasteiger partial charge in [-0.25, -0.2) is 4.68 Å². The molecule has 0 aliphatic carbocycles. The Morgan fingerprint density at radius 2 is 1.96 bits per heavy atom. The van der Waals surface area contributed by atoms with Gasteiger partial charge in [0.05, 0.1) is 29.1 Å². The molecule has 0 saturated carbocycles. The number of hydrogen-bond acceptors (Lipinski definition) is 3. The number of piperidine rings is 1. The molecule has 0 bridgehead atoms. The van der Waals surface area contributed by atoms with Crippen LogP contribution in [-0.2, 0) is 4.79 Å². The first-order valence-electron chi connectivity index (χ1n) is 8.53. The van der Waals surface area contributed by atoms with Gasteiger partial charge in [0.25, 0.3) is 5.91 Å². The SMILES string of the molecule is Cc1ccccc1-n1ncc(C(=O)N2CCC(C(=O)O)C(C)C2)c1C. The minimum absolute atomic E-state index is 0.0538. The van der Waals surface area contributed by atoms with E-state index in [2.05, 4.69) is 5.10 Å². The molecule has 1 fully saturated rings. The van der Waals surface area contributed by atoms with Crippen LogP contribution >= 0.6 is 0 Å². The van der Waals surface area contributed by atoms with E-state index in [1.54, 1.807) is 15.8 Å². The molecule has 0 spiro atoms. The molecule has 6 nitrogen and oxygen atoms in total. The maximum Gasteiger partial charge on any atom is 0.306 e. The van der Waals surface area contributed by atoms with Crippen molar-refractivity contribution in [2.75, 3.05) is 13.1 Å². The smallest absolute Gasteiger partial charge is 0.306 e. The standard InChI is InChI=1S/C19H23N3O3/c1-12-6-4-5-7-17(12)22-14(3)16(10-20-22)18(23)21-9-8-15(19(24)25)13(2)11-21/h4-7,10,13,15H,8-9,11H2,1-3H3,(H,24,25). The molecule has 1 aliphatic heterocycles. The average molecular weight is 341 g/mol. The third-order valence-electron chi connectivity index (χ3n) is 5.09. The highest BCUT2D eigenvalue weighted by Crippen LogP contribution is 2.26. The summed E-state index contributed by atoms with van der Waals surface area (Å²) < 4.78 is 1.79. The van der Waals surface area contributed by atoms with Crippen LogP contribution in [0.15, 0.2) is 30.5 Å². The second-order valence-corrected chi connectivity index (χ2v) is 6.80. The molecule has 1 aromatic heterocycles. The van der Waals surface area contributed by atoms with Gasteiger partial charge in [-0.3, -0.25) is 9.59 Å². The minimum atomic E-state index is -0.775. The second-order valence-electron chi connectivity index (χ2n) is 6.80. The van der Waals surface area contributed by atoms with Gasteiger partial charge in [-0.15, -0.1) is 0 Å². The molecule has 1 saturated heterocycles. The highest BCUT2D eigenvalue weighted by atomic mass is 16.4. The minimum Gasteiger partial charge on any atom is -0.481 e. The van der Waals surface area contributed by atoms with Crippen LogP contribution in [0.4, 0.5) is 0 Å². The Morgan fingerprint density at radius 1 is 1.24 bits per heavy atom. The molecule has 1 aromatic carbocycles. The van der Waals surface area contributed by atoms with Crippen molar-refractivity contribution >= 4 is 11.9 Å². The largest absolute Gasteiger partial charge is 0.481 e.